The number of halogens is 1. The molecule has 3 heterocycles. The highest BCUT2D eigenvalue weighted by molar-refractivity contribution is 7.15. The van der Waals surface area contributed by atoms with Gasteiger partial charge >= 0.3 is 0 Å². The molecule has 7 nitrogen and oxygen atoms in total. The summed E-state index contributed by atoms with van der Waals surface area (Å²) in [6.07, 6.45) is 4.63. The van der Waals surface area contributed by atoms with Gasteiger partial charge in [0.2, 0.25) is 11.0 Å². The second-order valence-electron chi connectivity index (χ2n) is 5.16. The molecule has 9 heteroatoms. The van der Waals surface area contributed by atoms with E-state index in [0.29, 0.717) is 11.7 Å². The lowest BCUT2D eigenvalue weighted by Gasteiger charge is -2.15. The summed E-state index contributed by atoms with van der Waals surface area (Å²) in [5.74, 6) is 0.0353. The van der Waals surface area contributed by atoms with Crippen LogP contribution in [0.4, 0.5) is 5.13 Å². The number of nitrogens with zero attached hydrogens (tertiary/aromatic N) is 4. The van der Waals surface area contributed by atoms with E-state index in [9.17, 15) is 4.79 Å². The van der Waals surface area contributed by atoms with Gasteiger partial charge in [-0.1, -0.05) is 18.3 Å². The van der Waals surface area contributed by atoms with Crippen molar-refractivity contribution in [3.63, 3.8) is 0 Å². The Morgan fingerprint density at radius 1 is 1.50 bits per heavy atom. The van der Waals surface area contributed by atoms with E-state index in [-0.39, 0.29) is 30.2 Å². The number of hydrogen-bond donors (Lipinski definition) is 2. The minimum atomic E-state index is -0.108. The number of aryl methyl sites for hydroxylation is 2. The Morgan fingerprint density at radius 3 is 2.95 bits per heavy atom. The lowest BCUT2D eigenvalue weighted by molar-refractivity contribution is -0.119. The third-order valence-electron chi connectivity index (χ3n) is 3.70. The van der Waals surface area contributed by atoms with Crippen LogP contribution in [0, 0.1) is 5.92 Å². The molecule has 22 heavy (non-hydrogen) atoms. The molecule has 2 atom stereocenters. The standard InChI is InChI=1S/C13H18N6OS.ClH/c1-3-11-17-18-13(21-11)16-12(20)10-6-14-5-9(10)8-4-15-19(2)7-8;/h4,7,9-10,14H,3,5-6H2,1-2H3,(H,16,18,20);1H/t9-,10+;/m1./s1. The Morgan fingerprint density at radius 2 is 2.32 bits per heavy atom. The Kier molecular flexibility index (Phi) is 5.49. The van der Waals surface area contributed by atoms with Gasteiger partial charge in [-0.25, -0.2) is 0 Å². The third-order valence-corrected chi connectivity index (χ3v) is 4.69. The number of amides is 1. The van der Waals surface area contributed by atoms with Gasteiger partial charge in [0.15, 0.2) is 0 Å². The average Bonchev–Trinajstić information content (AvgIpc) is 3.17. The number of rotatable bonds is 4. The second kappa shape index (κ2) is 7.17. The first kappa shape index (κ1) is 16.9. The number of aromatic nitrogens is 4. The van der Waals surface area contributed by atoms with E-state index in [4.69, 9.17) is 0 Å². The fraction of sp³-hybridized carbons (Fsp3) is 0.538. The quantitative estimate of drug-likeness (QED) is 0.872. The largest absolute Gasteiger partial charge is 0.315 e. The Hall–Kier alpha value is -1.51. The Bertz CT molecular complexity index is 642. The SMILES string of the molecule is CCc1nnc(NC(=O)[C@H]2CNC[C@@H]2c2cnn(C)c2)s1.Cl. The molecule has 0 unspecified atom stereocenters. The smallest absolute Gasteiger partial charge is 0.231 e. The molecule has 0 radical (unpaired) electrons. The summed E-state index contributed by atoms with van der Waals surface area (Å²) < 4.78 is 1.76. The summed E-state index contributed by atoms with van der Waals surface area (Å²) in [6.45, 7) is 3.48. The zero-order chi connectivity index (χ0) is 14.8. The zero-order valence-corrected chi connectivity index (χ0v) is 14.1. The maximum absolute atomic E-state index is 12.5. The highest BCUT2D eigenvalue weighted by Crippen LogP contribution is 2.29. The molecule has 120 valence electrons. The highest BCUT2D eigenvalue weighted by Gasteiger charge is 2.35. The molecule has 0 spiro atoms. The second-order valence-corrected chi connectivity index (χ2v) is 6.22. The van der Waals surface area contributed by atoms with Crippen molar-refractivity contribution in [2.45, 2.75) is 19.3 Å². The van der Waals surface area contributed by atoms with Gasteiger partial charge in [0.1, 0.15) is 5.01 Å². The third kappa shape index (κ3) is 3.45. The number of anilines is 1. The lowest BCUT2D eigenvalue weighted by atomic mass is 9.90. The highest BCUT2D eigenvalue weighted by atomic mass is 35.5. The summed E-state index contributed by atoms with van der Waals surface area (Å²) in [4.78, 5) is 12.5. The molecule has 0 aromatic carbocycles. The van der Waals surface area contributed by atoms with Gasteiger partial charge < -0.3 is 10.6 Å². The molecule has 1 fully saturated rings. The summed E-state index contributed by atoms with van der Waals surface area (Å²) in [5.41, 5.74) is 1.09. The topological polar surface area (TPSA) is 84.7 Å². The van der Waals surface area contributed by atoms with Crippen LogP contribution in [0.15, 0.2) is 12.4 Å². The number of nitrogens with one attached hydrogen (secondary N) is 2. The first-order valence-electron chi connectivity index (χ1n) is 7.00. The van der Waals surface area contributed by atoms with Crippen molar-refractivity contribution < 1.29 is 4.79 Å². The molecular formula is C13H19ClN6OS. The van der Waals surface area contributed by atoms with Gasteiger partial charge in [-0.15, -0.1) is 22.6 Å². The zero-order valence-electron chi connectivity index (χ0n) is 12.4. The van der Waals surface area contributed by atoms with E-state index < -0.39 is 0 Å². The van der Waals surface area contributed by atoms with Crippen LogP contribution in [-0.4, -0.2) is 39.0 Å². The van der Waals surface area contributed by atoms with Crippen LogP contribution in [-0.2, 0) is 18.3 Å². The van der Waals surface area contributed by atoms with Crippen LogP contribution in [0.2, 0.25) is 0 Å². The first-order chi connectivity index (χ1) is 10.2. The van der Waals surface area contributed by atoms with Crippen molar-refractivity contribution in [2.24, 2.45) is 13.0 Å². The van der Waals surface area contributed by atoms with E-state index in [1.807, 2.05) is 26.4 Å². The molecule has 1 aliphatic rings. The molecule has 0 saturated carbocycles. The first-order valence-corrected chi connectivity index (χ1v) is 7.81. The predicted molar refractivity (Wildman–Crippen MR) is 87.5 cm³/mol. The molecule has 0 bridgehead atoms. The van der Waals surface area contributed by atoms with Crippen molar-refractivity contribution >= 4 is 34.8 Å². The predicted octanol–water partition coefficient (Wildman–Crippen LogP) is 1.20. The maximum atomic E-state index is 12.5. The van der Waals surface area contributed by atoms with Gasteiger partial charge in [-0.2, -0.15) is 5.10 Å². The van der Waals surface area contributed by atoms with Crippen molar-refractivity contribution in [2.75, 3.05) is 18.4 Å². The van der Waals surface area contributed by atoms with Crippen LogP contribution in [0.3, 0.4) is 0 Å². The maximum Gasteiger partial charge on any atom is 0.231 e. The molecule has 1 amide bonds. The van der Waals surface area contributed by atoms with E-state index >= 15 is 0 Å². The molecule has 1 saturated heterocycles. The summed E-state index contributed by atoms with van der Waals surface area (Å²) in [6, 6.07) is 0. The molecule has 3 rings (SSSR count). The van der Waals surface area contributed by atoms with Gasteiger partial charge in [-0.05, 0) is 12.0 Å². The van der Waals surface area contributed by atoms with Crippen LogP contribution in [0.1, 0.15) is 23.4 Å². The Labute approximate surface area is 138 Å². The molecule has 2 N–H and O–H groups in total. The lowest BCUT2D eigenvalue weighted by Crippen LogP contribution is -2.28. The monoisotopic (exact) mass is 342 g/mol. The van der Waals surface area contributed by atoms with Crippen LogP contribution >= 0.6 is 23.7 Å². The van der Waals surface area contributed by atoms with Crippen LogP contribution < -0.4 is 10.6 Å². The summed E-state index contributed by atoms with van der Waals surface area (Å²) in [7, 11) is 1.88. The summed E-state index contributed by atoms with van der Waals surface area (Å²) in [5, 5.41) is 19.9. The molecule has 1 aliphatic heterocycles. The molecule has 2 aromatic heterocycles. The average molecular weight is 343 g/mol. The van der Waals surface area contributed by atoms with E-state index in [1.54, 1.807) is 4.68 Å². The van der Waals surface area contributed by atoms with Crippen molar-refractivity contribution in [3.8, 4) is 0 Å². The Balaban J connectivity index is 0.00000176. The van der Waals surface area contributed by atoms with Crippen molar-refractivity contribution in [1.29, 1.82) is 0 Å². The number of carbonyl (C=O) groups excluding carboxylic acids is 1. The number of hydrogen-bond acceptors (Lipinski definition) is 6. The minimum absolute atomic E-state index is 0. The van der Waals surface area contributed by atoms with E-state index in [1.165, 1.54) is 11.3 Å². The van der Waals surface area contributed by atoms with E-state index in [0.717, 1.165) is 23.5 Å². The van der Waals surface area contributed by atoms with Crippen molar-refractivity contribution in [1.82, 2.24) is 25.3 Å². The van der Waals surface area contributed by atoms with Crippen molar-refractivity contribution in [3.05, 3.63) is 23.0 Å². The van der Waals surface area contributed by atoms with Gasteiger partial charge in [-0.3, -0.25) is 9.48 Å². The molecule has 0 aliphatic carbocycles. The van der Waals surface area contributed by atoms with Crippen LogP contribution in [0.5, 0.6) is 0 Å². The molecule has 2 aromatic rings. The van der Waals surface area contributed by atoms with Gasteiger partial charge in [0.25, 0.3) is 0 Å². The molecular weight excluding hydrogens is 324 g/mol. The van der Waals surface area contributed by atoms with E-state index in [2.05, 4.69) is 25.9 Å². The van der Waals surface area contributed by atoms with Crippen LogP contribution in [0.25, 0.3) is 0 Å². The fourth-order valence-corrected chi connectivity index (χ4v) is 3.26. The minimum Gasteiger partial charge on any atom is -0.315 e. The normalized spacial score (nSPS) is 20.6. The fourth-order valence-electron chi connectivity index (χ4n) is 2.58. The number of carbonyl (C=O) groups is 1. The van der Waals surface area contributed by atoms with Gasteiger partial charge in [0, 0.05) is 32.3 Å². The summed E-state index contributed by atoms with van der Waals surface area (Å²) >= 11 is 1.43. The van der Waals surface area contributed by atoms with Gasteiger partial charge in [0.05, 0.1) is 12.1 Å².